The standard InChI is InChI=1S/C31H47N3O9/c1-9-26(36)32-13-15-41-17-16-40-14-12-27(37)34-24-20-22(10-11-25(24)35)19-23(33-29(39)43-31(6,7)8)18-21(2)28(38)42-30(3,4)5/h1,10-11,20-21,23,35H,12-19H2,2-8H3,(H,32,36)(H,33,39)(H,34,37)/t21?,23-/m1/s1. The van der Waals surface area contributed by atoms with Crippen molar-refractivity contribution in [2.45, 2.75) is 85.0 Å². The van der Waals surface area contributed by atoms with E-state index in [0.29, 0.717) is 12.0 Å². The number of hydrogen-bond donors (Lipinski definition) is 4. The number of nitrogens with one attached hydrogen (secondary N) is 3. The van der Waals surface area contributed by atoms with Crippen molar-refractivity contribution < 1.29 is 43.2 Å². The molecule has 240 valence electrons. The van der Waals surface area contributed by atoms with E-state index < -0.39 is 35.2 Å². The number of benzene rings is 1. The number of anilines is 1. The topological polar surface area (TPSA) is 162 Å². The molecule has 1 unspecified atom stereocenters. The van der Waals surface area contributed by atoms with Gasteiger partial charge in [0.05, 0.1) is 44.5 Å². The number of amides is 3. The fourth-order valence-electron chi connectivity index (χ4n) is 3.67. The Balaban J connectivity index is 2.73. The van der Waals surface area contributed by atoms with Gasteiger partial charge in [0.25, 0.3) is 5.91 Å². The second-order valence-corrected chi connectivity index (χ2v) is 12.0. The van der Waals surface area contributed by atoms with Gasteiger partial charge in [0.2, 0.25) is 5.91 Å². The first-order valence-electron chi connectivity index (χ1n) is 14.2. The summed E-state index contributed by atoms with van der Waals surface area (Å²) >= 11 is 0. The Hall–Kier alpha value is -3.82. The molecule has 3 amide bonds. The number of ether oxygens (including phenoxy) is 4. The number of esters is 1. The van der Waals surface area contributed by atoms with Crippen molar-refractivity contribution in [3.05, 3.63) is 23.8 Å². The molecule has 2 atom stereocenters. The molecule has 12 nitrogen and oxygen atoms in total. The van der Waals surface area contributed by atoms with E-state index >= 15 is 0 Å². The van der Waals surface area contributed by atoms with Crippen LogP contribution in [-0.4, -0.2) is 79.2 Å². The SMILES string of the molecule is C#CC(=O)NCCOCCOCCC(=O)Nc1cc(C[C@@H](CC(C)C(=O)OC(C)(C)C)NC(=O)OC(C)(C)C)ccc1O. The molecule has 0 spiro atoms. The summed E-state index contributed by atoms with van der Waals surface area (Å²) in [6.07, 6.45) is 4.93. The number of phenols is 1. The van der Waals surface area contributed by atoms with Gasteiger partial charge in [-0.25, -0.2) is 4.79 Å². The predicted octanol–water partition coefficient (Wildman–Crippen LogP) is 3.31. The molecule has 0 aliphatic rings. The Labute approximate surface area is 254 Å². The van der Waals surface area contributed by atoms with Crippen LogP contribution >= 0.6 is 0 Å². The minimum atomic E-state index is -0.709. The highest BCUT2D eigenvalue weighted by Crippen LogP contribution is 2.26. The largest absolute Gasteiger partial charge is 0.506 e. The van der Waals surface area contributed by atoms with Crippen LogP contribution in [0.4, 0.5) is 10.5 Å². The average Bonchev–Trinajstić information content (AvgIpc) is 2.87. The van der Waals surface area contributed by atoms with E-state index in [2.05, 4.69) is 16.0 Å². The smallest absolute Gasteiger partial charge is 0.407 e. The van der Waals surface area contributed by atoms with E-state index in [0.717, 1.165) is 0 Å². The molecule has 0 bridgehead atoms. The summed E-state index contributed by atoms with van der Waals surface area (Å²) in [5, 5.41) is 18.3. The highest BCUT2D eigenvalue weighted by Gasteiger charge is 2.27. The van der Waals surface area contributed by atoms with Crippen LogP contribution in [0.15, 0.2) is 18.2 Å². The zero-order valence-electron chi connectivity index (χ0n) is 26.3. The van der Waals surface area contributed by atoms with Gasteiger partial charge in [-0.15, -0.1) is 6.42 Å². The number of carbonyl (C=O) groups is 4. The minimum absolute atomic E-state index is 0.0398. The van der Waals surface area contributed by atoms with Gasteiger partial charge in [-0.2, -0.15) is 0 Å². The van der Waals surface area contributed by atoms with E-state index in [1.165, 1.54) is 6.07 Å². The van der Waals surface area contributed by atoms with Gasteiger partial charge in [-0.3, -0.25) is 14.4 Å². The molecule has 4 N–H and O–H groups in total. The van der Waals surface area contributed by atoms with E-state index in [1.807, 2.05) is 5.92 Å². The van der Waals surface area contributed by atoms with Crippen LogP contribution in [0, 0.1) is 18.3 Å². The van der Waals surface area contributed by atoms with Gasteiger partial charge in [-0.05, 0) is 78.0 Å². The first-order chi connectivity index (χ1) is 20.0. The molecular formula is C31H47N3O9. The first-order valence-corrected chi connectivity index (χ1v) is 14.2. The van der Waals surface area contributed by atoms with Crippen LogP contribution < -0.4 is 16.0 Å². The van der Waals surface area contributed by atoms with E-state index in [9.17, 15) is 24.3 Å². The Morgan fingerprint density at radius 3 is 2.19 bits per heavy atom. The maximum atomic E-state index is 12.6. The van der Waals surface area contributed by atoms with Crippen molar-refractivity contribution in [1.29, 1.82) is 0 Å². The highest BCUT2D eigenvalue weighted by molar-refractivity contribution is 5.93. The van der Waals surface area contributed by atoms with Gasteiger partial charge >= 0.3 is 12.1 Å². The van der Waals surface area contributed by atoms with Crippen LogP contribution in [0.1, 0.15) is 66.9 Å². The third-order valence-corrected chi connectivity index (χ3v) is 5.49. The number of aromatic hydroxyl groups is 1. The molecule has 0 radical (unpaired) electrons. The maximum Gasteiger partial charge on any atom is 0.407 e. The summed E-state index contributed by atoms with van der Waals surface area (Å²) in [6.45, 7) is 13.6. The number of rotatable bonds is 16. The highest BCUT2D eigenvalue weighted by atomic mass is 16.6. The summed E-state index contributed by atoms with van der Waals surface area (Å²) in [6, 6.07) is 4.23. The number of carbonyl (C=O) groups excluding carboxylic acids is 4. The lowest BCUT2D eigenvalue weighted by atomic mass is 9.95. The first kappa shape index (κ1) is 37.2. The Morgan fingerprint density at radius 2 is 1.58 bits per heavy atom. The van der Waals surface area contributed by atoms with Crippen molar-refractivity contribution >= 4 is 29.6 Å². The van der Waals surface area contributed by atoms with Crippen molar-refractivity contribution in [1.82, 2.24) is 10.6 Å². The molecule has 1 aromatic carbocycles. The number of terminal acetylenes is 1. The van der Waals surface area contributed by atoms with Crippen LogP contribution in [0.25, 0.3) is 0 Å². The summed E-state index contributed by atoms with van der Waals surface area (Å²) < 4.78 is 21.6. The van der Waals surface area contributed by atoms with E-state index in [4.69, 9.17) is 25.4 Å². The number of phenolic OH excluding ortho intramolecular Hbond substituents is 1. The molecule has 1 aromatic rings. The average molecular weight is 606 g/mol. The van der Waals surface area contributed by atoms with Gasteiger partial charge < -0.3 is 40.0 Å². The van der Waals surface area contributed by atoms with E-state index in [-0.39, 0.29) is 69.1 Å². The van der Waals surface area contributed by atoms with E-state index in [1.54, 1.807) is 60.6 Å². The molecule has 0 saturated carbocycles. The molecule has 43 heavy (non-hydrogen) atoms. The fourth-order valence-corrected chi connectivity index (χ4v) is 3.67. The van der Waals surface area contributed by atoms with Gasteiger partial charge in [0, 0.05) is 12.6 Å². The second-order valence-electron chi connectivity index (χ2n) is 12.0. The van der Waals surface area contributed by atoms with Crippen LogP contribution in [0.3, 0.4) is 0 Å². The summed E-state index contributed by atoms with van der Waals surface area (Å²) in [5.41, 5.74) is -0.446. The molecule has 0 heterocycles. The summed E-state index contributed by atoms with van der Waals surface area (Å²) in [5.74, 6) is 0.0358. The number of hydrogen-bond acceptors (Lipinski definition) is 9. The fraction of sp³-hybridized carbons (Fsp3) is 0.613. The molecule has 12 heteroatoms. The Bertz CT molecular complexity index is 1120. The normalized spacial score (nSPS) is 12.8. The third-order valence-electron chi connectivity index (χ3n) is 5.49. The second kappa shape index (κ2) is 18.0. The van der Waals surface area contributed by atoms with Crippen molar-refractivity contribution in [2.75, 3.05) is 38.3 Å². The Kier molecular flexibility index (Phi) is 15.6. The zero-order chi connectivity index (χ0) is 32.6. The van der Waals surface area contributed by atoms with Crippen molar-refractivity contribution in [2.24, 2.45) is 5.92 Å². The lowest BCUT2D eigenvalue weighted by molar-refractivity contribution is -0.159. The lowest BCUT2D eigenvalue weighted by Crippen LogP contribution is -2.42. The maximum absolute atomic E-state index is 12.6. The molecule has 0 aromatic heterocycles. The van der Waals surface area contributed by atoms with Gasteiger partial charge in [0.15, 0.2) is 0 Å². The Morgan fingerprint density at radius 1 is 0.953 bits per heavy atom. The molecule has 0 aliphatic heterocycles. The monoisotopic (exact) mass is 605 g/mol. The molecule has 0 aliphatic carbocycles. The van der Waals surface area contributed by atoms with Gasteiger partial charge in [0.1, 0.15) is 17.0 Å². The molecule has 0 fully saturated rings. The van der Waals surface area contributed by atoms with Gasteiger partial charge in [-0.1, -0.05) is 13.0 Å². The summed E-state index contributed by atoms with van der Waals surface area (Å²) in [7, 11) is 0. The number of alkyl carbamates (subject to hydrolysis) is 1. The van der Waals surface area contributed by atoms with Crippen LogP contribution in [-0.2, 0) is 39.8 Å². The van der Waals surface area contributed by atoms with Crippen molar-refractivity contribution in [3.63, 3.8) is 0 Å². The van der Waals surface area contributed by atoms with Crippen LogP contribution in [0.5, 0.6) is 5.75 Å². The predicted molar refractivity (Wildman–Crippen MR) is 161 cm³/mol. The summed E-state index contributed by atoms with van der Waals surface area (Å²) in [4.78, 5) is 48.6. The minimum Gasteiger partial charge on any atom is -0.506 e. The lowest BCUT2D eigenvalue weighted by Gasteiger charge is -2.27. The zero-order valence-corrected chi connectivity index (χ0v) is 26.3. The molecular weight excluding hydrogens is 558 g/mol. The van der Waals surface area contributed by atoms with Crippen LogP contribution in [0.2, 0.25) is 0 Å². The molecule has 0 saturated heterocycles. The molecule has 1 rings (SSSR count). The third kappa shape index (κ3) is 17.7. The quantitative estimate of drug-likeness (QED) is 0.0959. The van der Waals surface area contributed by atoms with Crippen molar-refractivity contribution in [3.8, 4) is 18.1 Å².